The number of likely N-dealkylation sites (tertiary alicyclic amines) is 1. The van der Waals surface area contributed by atoms with E-state index in [0.29, 0.717) is 13.0 Å². The standard InChI is InChI=1S/C21H27N3O4/c1-20(26)15-21(28-14-18(20)23-19(25)17-6-4-12-27-17)7-10-24(11-8-21)13-16-5-2-3-9-22-16/h2-6,9,12,18,26H,7-8,10-11,13-15H2,1H3,(H,23,25)/t18-,20-/m0/s1. The number of aliphatic hydroxyl groups is 1. The lowest BCUT2D eigenvalue weighted by Crippen LogP contribution is -2.63. The molecule has 2 atom stereocenters. The SMILES string of the molecule is C[C@]1(O)CC2(CCN(Cc3ccccn3)CC2)OC[C@@H]1NC(=O)c1ccco1. The molecule has 2 aromatic heterocycles. The number of carbonyl (C=O) groups excluding carboxylic acids is 1. The van der Waals surface area contributed by atoms with Crippen LogP contribution in [0.15, 0.2) is 47.2 Å². The maximum Gasteiger partial charge on any atom is 0.287 e. The molecule has 1 amide bonds. The first-order valence-corrected chi connectivity index (χ1v) is 9.79. The molecule has 7 heteroatoms. The van der Waals surface area contributed by atoms with Gasteiger partial charge in [-0.15, -0.1) is 0 Å². The molecule has 4 heterocycles. The summed E-state index contributed by atoms with van der Waals surface area (Å²) >= 11 is 0. The molecular weight excluding hydrogens is 358 g/mol. The van der Waals surface area contributed by atoms with Crippen LogP contribution >= 0.6 is 0 Å². The van der Waals surface area contributed by atoms with E-state index in [4.69, 9.17) is 9.15 Å². The molecule has 0 unspecified atom stereocenters. The number of hydrogen-bond donors (Lipinski definition) is 2. The Kier molecular flexibility index (Phi) is 5.23. The second-order valence-corrected chi connectivity index (χ2v) is 8.13. The van der Waals surface area contributed by atoms with Crippen LogP contribution in [0.25, 0.3) is 0 Å². The number of nitrogens with one attached hydrogen (secondary N) is 1. The molecule has 2 saturated heterocycles. The topological polar surface area (TPSA) is 87.8 Å². The summed E-state index contributed by atoms with van der Waals surface area (Å²) in [7, 11) is 0. The molecule has 2 aromatic rings. The van der Waals surface area contributed by atoms with E-state index in [-0.39, 0.29) is 17.3 Å². The molecule has 0 aliphatic carbocycles. The monoisotopic (exact) mass is 385 g/mol. The first-order chi connectivity index (χ1) is 13.5. The van der Waals surface area contributed by atoms with Crippen LogP contribution in [0.3, 0.4) is 0 Å². The van der Waals surface area contributed by atoms with Crippen LogP contribution in [0, 0.1) is 0 Å². The first kappa shape index (κ1) is 19.1. The van der Waals surface area contributed by atoms with E-state index in [1.807, 2.05) is 24.4 Å². The van der Waals surface area contributed by atoms with Crippen molar-refractivity contribution < 1.29 is 19.1 Å². The normalized spacial score (nSPS) is 27.6. The lowest BCUT2D eigenvalue weighted by molar-refractivity contribution is -0.186. The second-order valence-electron chi connectivity index (χ2n) is 8.13. The Morgan fingerprint density at radius 3 is 2.79 bits per heavy atom. The maximum absolute atomic E-state index is 12.3. The first-order valence-electron chi connectivity index (χ1n) is 9.79. The highest BCUT2D eigenvalue weighted by atomic mass is 16.5. The van der Waals surface area contributed by atoms with Gasteiger partial charge in [-0.1, -0.05) is 6.07 Å². The van der Waals surface area contributed by atoms with Gasteiger partial charge >= 0.3 is 0 Å². The molecule has 0 saturated carbocycles. The summed E-state index contributed by atoms with van der Waals surface area (Å²) in [4.78, 5) is 19.0. The predicted molar refractivity (Wildman–Crippen MR) is 103 cm³/mol. The van der Waals surface area contributed by atoms with E-state index < -0.39 is 11.6 Å². The zero-order valence-corrected chi connectivity index (χ0v) is 16.1. The number of ether oxygens (including phenoxy) is 1. The zero-order valence-electron chi connectivity index (χ0n) is 16.1. The fourth-order valence-electron chi connectivity index (χ4n) is 4.26. The molecule has 2 aliphatic heterocycles. The highest BCUT2D eigenvalue weighted by Gasteiger charge is 2.49. The van der Waals surface area contributed by atoms with Crippen molar-refractivity contribution in [2.75, 3.05) is 19.7 Å². The van der Waals surface area contributed by atoms with Crippen LogP contribution in [0.5, 0.6) is 0 Å². The molecule has 0 bridgehead atoms. The van der Waals surface area contributed by atoms with Crippen LogP contribution in [-0.2, 0) is 11.3 Å². The average Bonchev–Trinajstić information content (AvgIpc) is 3.22. The maximum atomic E-state index is 12.3. The van der Waals surface area contributed by atoms with Gasteiger partial charge in [0.25, 0.3) is 5.91 Å². The average molecular weight is 385 g/mol. The lowest BCUT2D eigenvalue weighted by Gasteiger charge is -2.51. The van der Waals surface area contributed by atoms with Gasteiger partial charge in [-0.25, -0.2) is 0 Å². The van der Waals surface area contributed by atoms with Crippen molar-refractivity contribution in [2.45, 2.75) is 50.0 Å². The molecule has 150 valence electrons. The number of rotatable bonds is 4. The summed E-state index contributed by atoms with van der Waals surface area (Å²) in [5.74, 6) is -0.0982. The quantitative estimate of drug-likeness (QED) is 0.837. The summed E-state index contributed by atoms with van der Waals surface area (Å²) in [6, 6.07) is 8.77. The number of piperidine rings is 1. The van der Waals surface area contributed by atoms with Gasteiger partial charge in [0.15, 0.2) is 5.76 Å². The molecular formula is C21H27N3O4. The molecule has 2 N–H and O–H groups in total. The fraction of sp³-hybridized carbons (Fsp3) is 0.524. The molecule has 0 aromatic carbocycles. The van der Waals surface area contributed by atoms with Crippen LogP contribution < -0.4 is 5.32 Å². The van der Waals surface area contributed by atoms with Crippen molar-refractivity contribution >= 4 is 5.91 Å². The number of nitrogens with zero attached hydrogens (tertiary/aromatic N) is 2. The summed E-state index contributed by atoms with van der Waals surface area (Å²) in [5, 5.41) is 13.9. The molecule has 2 fully saturated rings. The fourth-order valence-corrected chi connectivity index (χ4v) is 4.26. The van der Waals surface area contributed by atoms with Crippen LogP contribution in [-0.4, -0.2) is 57.8 Å². The molecule has 4 rings (SSSR count). The van der Waals surface area contributed by atoms with Crippen LogP contribution in [0.1, 0.15) is 42.4 Å². The Balaban J connectivity index is 1.33. The van der Waals surface area contributed by atoms with Gasteiger partial charge in [0.05, 0.1) is 35.8 Å². The van der Waals surface area contributed by atoms with E-state index in [9.17, 15) is 9.90 Å². The largest absolute Gasteiger partial charge is 0.459 e. The number of furan rings is 1. The second kappa shape index (κ2) is 7.66. The van der Waals surface area contributed by atoms with Gasteiger partial charge < -0.3 is 19.6 Å². The van der Waals surface area contributed by atoms with Gasteiger partial charge in [0.1, 0.15) is 0 Å². The highest BCUT2D eigenvalue weighted by Crippen LogP contribution is 2.39. The minimum atomic E-state index is -1.04. The van der Waals surface area contributed by atoms with Crippen molar-refractivity contribution in [1.29, 1.82) is 0 Å². The molecule has 1 spiro atoms. The van der Waals surface area contributed by atoms with Crippen LogP contribution in [0.2, 0.25) is 0 Å². The summed E-state index contributed by atoms with van der Waals surface area (Å²) in [6.45, 7) is 4.70. The molecule has 0 radical (unpaired) electrons. The van der Waals surface area contributed by atoms with E-state index in [1.54, 1.807) is 19.1 Å². The Morgan fingerprint density at radius 1 is 1.32 bits per heavy atom. The van der Waals surface area contributed by atoms with Gasteiger partial charge in [-0.05, 0) is 44.0 Å². The van der Waals surface area contributed by atoms with Crippen molar-refractivity contribution in [1.82, 2.24) is 15.2 Å². The van der Waals surface area contributed by atoms with Gasteiger partial charge in [0, 0.05) is 32.3 Å². The Bertz CT molecular complexity index is 783. The smallest absolute Gasteiger partial charge is 0.287 e. The predicted octanol–water partition coefficient (Wildman–Crippen LogP) is 1.98. The summed E-state index contributed by atoms with van der Waals surface area (Å²) < 4.78 is 11.4. The zero-order chi connectivity index (χ0) is 19.6. The summed E-state index contributed by atoms with van der Waals surface area (Å²) in [6.07, 6.45) is 5.49. The van der Waals surface area contributed by atoms with Gasteiger partial charge in [-0.2, -0.15) is 0 Å². The number of carbonyl (C=O) groups is 1. The highest BCUT2D eigenvalue weighted by molar-refractivity contribution is 5.91. The number of amides is 1. The molecule has 28 heavy (non-hydrogen) atoms. The number of hydrogen-bond acceptors (Lipinski definition) is 6. The number of aromatic nitrogens is 1. The van der Waals surface area contributed by atoms with E-state index in [1.165, 1.54) is 6.26 Å². The third-order valence-electron chi connectivity index (χ3n) is 5.92. The molecule has 7 nitrogen and oxygen atoms in total. The van der Waals surface area contributed by atoms with Crippen LogP contribution in [0.4, 0.5) is 0 Å². The summed E-state index contributed by atoms with van der Waals surface area (Å²) in [5.41, 5.74) is -0.310. The Hall–Kier alpha value is -2.22. The Labute approximate surface area is 164 Å². The van der Waals surface area contributed by atoms with E-state index >= 15 is 0 Å². The minimum Gasteiger partial charge on any atom is -0.459 e. The molecule has 2 aliphatic rings. The van der Waals surface area contributed by atoms with Crippen molar-refractivity contribution in [3.8, 4) is 0 Å². The van der Waals surface area contributed by atoms with Gasteiger partial charge in [-0.3, -0.25) is 14.7 Å². The van der Waals surface area contributed by atoms with Crippen molar-refractivity contribution in [3.05, 3.63) is 54.2 Å². The van der Waals surface area contributed by atoms with E-state index in [2.05, 4.69) is 15.2 Å². The minimum absolute atomic E-state index is 0.235. The number of pyridine rings is 1. The third kappa shape index (κ3) is 4.11. The third-order valence-corrected chi connectivity index (χ3v) is 5.92. The van der Waals surface area contributed by atoms with Crippen molar-refractivity contribution in [3.63, 3.8) is 0 Å². The Morgan fingerprint density at radius 2 is 2.14 bits per heavy atom. The van der Waals surface area contributed by atoms with E-state index in [0.717, 1.165) is 38.2 Å². The lowest BCUT2D eigenvalue weighted by atomic mass is 9.75. The van der Waals surface area contributed by atoms with Gasteiger partial charge in [0.2, 0.25) is 0 Å². The van der Waals surface area contributed by atoms with Crippen molar-refractivity contribution in [2.24, 2.45) is 0 Å².